The van der Waals surface area contributed by atoms with Crippen LogP contribution in [-0.4, -0.2) is 16.5 Å². The summed E-state index contributed by atoms with van der Waals surface area (Å²) in [4.78, 5) is 0. The molecule has 2 N–H and O–H groups in total. The van der Waals surface area contributed by atoms with Crippen LogP contribution in [-0.2, 0) is 0 Å². The lowest BCUT2D eigenvalue weighted by molar-refractivity contribution is -0.177. The fourth-order valence-corrected chi connectivity index (χ4v) is 3.76. The summed E-state index contributed by atoms with van der Waals surface area (Å²) >= 11 is 0. The van der Waals surface area contributed by atoms with Gasteiger partial charge in [0.05, 0.1) is 0 Å². The van der Waals surface area contributed by atoms with E-state index in [1.54, 1.807) is 0 Å². The van der Waals surface area contributed by atoms with Crippen LogP contribution in [0.4, 0.5) is 0 Å². The molecule has 2 aliphatic carbocycles. The van der Waals surface area contributed by atoms with Gasteiger partial charge in [0.25, 0.3) is 0 Å². The van der Waals surface area contributed by atoms with Gasteiger partial charge in [-0.2, -0.15) is 0 Å². The molecule has 0 amide bonds. The Bertz CT molecular complexity index is 189. The molecule has 0 spiro atoms. The van der Waals surface area contributed by atoms with Gasteiger partial charge in [-0.3, -0.25) is 0 Å². The molecule has 0 aromatic heterocycles. The van der Waals surface area contributed by atoms with Crippen molar-refractivity contribution >= 4 is 0 Å². The monoisotopic (exact) mass is 212 g/mol. The smallest absolute Gasteiger partial charge is 0.157 e. The third kappa shape index (κ3) is 2.21. The fraction of sp³-hybridized carbons (Fsp3) is 1.00. The number of hydrogen-bond donors (Lipinski definition) is 2. The normalized spacial score (nSPS) is 28.2. The molecule has 0 aromatic rings. The second kappa shape index (κ2) is 4.84. The summed E-state index contributed by atoms with van der Waals surface area (Å²) in [7, 11) is 0. The first-order chi connectivity index (χ1) is 7.26. The molecule has 0 aromatic carbocycles. The molecule has 0 unspecified atom stereocenters. The Balaban J connectivity index is 2.09. The van der Waals surface area contributed by atoms with Crippen molar-refractivity contribution < 1.29 is 10.2 Å². The Kier molecular flexibility index (Phi) is 3.68. The highest BCUT2D eigenvalue weighted by atomic mass is 16.5. The van der Waals surface area contributed by atoms with Crippen molar-refractivity contribution in [2.24, 2.45) is 11.3 Å². The molecule has 2 heteroatoms. The highest BCUT2D eigenvalue weighted by Crippen LogP contribution is 2.49. The van der Waals surface area contributed by atoms with Crippen LogP contribution in [0.15, 0.2) is 0 Å². The summed E-state index contributed by atoms with van der Waals surface area (Å²) < 4.78 is 0. The minimum Gasteiger partial charge on any atom is -0.368 e. The van der Waals surface area contributed by atoms with Gasteiger partial charge in [0.1, 0.15) is 0 Å². The number of hydrogen-bond acceptors (Lipinski definition) is 2. The minimum absolute atomic E-state index is 0.140. The van der Waals surface area contributed by atoms with Crippen molar-refractivity contribution in [3.8, 4) is 0 Å². The summed E-state index contributed by atoms with van der Waals surface area (Å²) in [6.07, 6.45) is 11.0. The lowest BCUT2D eigenvalue weighted by atomic mass is 9.61. The summed E-state index contributed by atoms with van der Waals surface area (Å²) in [5.41, 5.74) is -0.140. The Morgan fingerprint density at radius 2 is 1.33 bits per heavy atom. The topological polar surface area (TPSA) is 40.5 Å². The maximum absolute atomic E-state index is 9.74. The van der Waals surface area contributed by atoms with Crippen LogP contribution in [0.3, 0.4) is 0 Å². The molecule has 2 aliphatic rings. The van der Waals surface area contributed by atoms with Crippen LogP contribution in [0.25, 0.3) is 0 Å². The minimum atomic E-state index is -1.08. The third-order valence-electron chi connectivity index (χ3n) is 4.72. The first kappa shape index (κ1) is 11.4. The van der Waals surface area contributed by atoms with Gasteiger partial charge in [0.15, 0.2) is 6.29 Å². The number of rotatable bonds is 2. The van der Waals surface area contributed by atoms with E-state index in [2.05, 4.69) is 0 Å². The molecule has 0 aliphatic heterocycles. The predicted molar refractivity (Wildman–Crippen MR) is 60.3 cm³/mol. The molecule has 0 heterocycles. The number of aliphatic hydroxyl groups is 2. The van der Waals surface area contributed by atoms with Gasteiger partial charge in [-0.05, 0) is 31.6 Å². The second-order valence-corrected chi connectivity index (χ2v) is 5.50. The summed E-state index contributed by atoms with van der Waals surface area (Å²) in [5.74, 6) is 0.576. The Morgan fingerprint density at radius 3 is 1.87 bits per heavy atom. The lowest BCUT2D eigenvalue weighted by Gasteiger charge is -2.46. The molecule has 2 rings (SSSR count). The molecule has 2 saturated carbocycles. The molecular weight excluding hydrogens is 188 g/mol. The molecule has 2 nitrogen and oxygen atoms in total. The van der Waals surface area contributed by atoms with E-state index in [1.165, 1.54) is 51.4 Å². The van der Waals surface area contributed by atoms with E-state index in [4.69, 9.17) is 0 Å². The van der Waals surface area contributed by atoms with Crippen molar-refractivity contribution in [3.05, 3.63) is 0 Å². The van der Waals surface area contributed by atoms with Crippen molar-refractivity contribution in [2.45, 2.75) is 70.5 Å². The molecule has 15 heavy (non-hydrogen) atoms. The average Bonchev–Trinajstić information content (AvgIpc) is 2.31. The van der Waals surface area contributed by atoms with E-state index >= 15 is 0 Å². The van der Waals surface area contributed by atoms with Gasteiger partial charge in [-0.15, -0.1) is 0 Å². The highest BCUT2D eigenvalue weighted by molar-refractivity contribution is 4.91. The molecule has 2 fully saturated rings. The zero-order valence-corrected chi connectivity index (χ0v) is 9.62. The van der Waals surface area contributed by atoms with Crippen molar-refractivity contribution in [1.29, 1.82) is 0 Å². The van der Waals surface area contributed by atoms with Crippen molar-refractivity contribution in [1.82, 2.24) is 0 Å². The standard InChI is InChI=1S/C13H24O2/c14-12(15)13(9-5-2-6-10-13)11-7-3-1-4-8-11/h11-12,14-15H,1-10H2. The van der Waals surface area contributed by atoms with Gasteiger partial charge in [0.2, 0.25) is 0 Å². The van der Waals surface area contributed by atoms with E-state index < -0.39 is 6.29 Å². The van der Waals surface area contributed by atoms with Gasteiger partial charge >= 0.3 is 0 Å². The highest BCUT2D eigenvalue weighted by Gasteiger charge is 2.44. The van der Waals surface area contributed by atoms with E-state index in [0.717, 1.165) is 12.8 Å². The van der Waals surface area contributed by atoms with Crippen LogP contribution in [0.5, 0.6) is 0 Å². The molecule has 0 bridgehead atoms. The van der Waals surface area contributed by atoms with Crippen LogP contribution in [0.2, 0.25) is 0 Å². The molecule has 0 atom stereocenters. The summed E-state index contributed by atoms with van der Waals surface area (Å²) in [6, 6.07) is 0. The van der Waals surface area contributed by atoms with Crippen molar-refractivity contribution in [2.75, 3.05) is 0 Å². The SMILES string of the molecule is OC(O)C1(C2CCCCC2)CCCCC1. The first-order valence-electron chi connectivity index (χ1n) is 6.62. The van der Waals surface area contributed by atoms with E-state index in [-0.39, 0.29) is 5.41 Å². The molecular formula is C13H24O2. The first-order valence-corrected chi connectivity index (χ1v) is 6.62. The average molecular weight is 212 g/mol. The van der Waals surface area contributed by atoms with Gasteiger partial charge in [-0.25, -0.2) is 0 Å². The Labute approximate surface area is 92.7 Å². The lowest BCUT2D eigenvalue weighted by Crippen LogP contribution is -2.44. The van der Waals surface area contributed by atoms with Gasteiger partial charge < -0.3 is 10.2 Å². The predicted octanol–water partition coefficient (Wildman–Crippen LogP) is 2.83. The molecule has 0 radical (unpaired) electrons. The van der Waals surface area contributed by atoms with Crippen molar-refractivity contribution in [3.63, 3.8) is 0 Å². The number of aliphatic hydroxyl groups excluding tert-OH is 1. The largest absolute Gasteiger partial charge is 0.368 e. The maximum atomic E-state index is 9.74. The maximum Gasteiger partial charge on any atom is 0.157 e. The van der Waals surface area contributed by atoms with E-state index in [1.807, 2.05) is 0 Å². The summed E-state index contributed by atoms with van der Waals surface area (Å²) in [6.45, 7) is 0. The van der Waals surface area contributed by atoms with Crippen LogP contribution < -0.4 is 0 Å². The van der Waals surface area contributed by atoms with E-state index in [9.17, 15) is 10.2 Å². The summed E-state index contributed by atoms with van der Waals surface area (Å²) in [5, 5.41) is 19.5. The van der Waals surface area contributed by atoms with Gasteiger partial charge in [0, 0.05) is 5.41 Å². The zero-order chi connectivity index (χ0) is 10.7. The van der Waals surface area contributed by atoms with Crippen LogP contribution in [0, 0.1) is 11.3 Å². The molecule has 0 saturated heterocycles. The third-order valence-corrected chi connectivity index (χ3v) is 4.72. The van der Waals surface area contributed by atoms with Crippen LogP contribution in [0.1, 0.15) is 64.2 Å². The molecule has 88 valence electrons. The van der Waals surface area contributed by atoms with Gasteiger partial charge in [-0.1, -0.05) is 38.5 Å². The zero-order valence-electron chi connectivity index (χ0n) is 9.62. The second-order valence-electron chi connectivity index (χ2n) is 5.50. The Morgan fingerprint density at radius 1 is 0.800 bits per heavy atom. The quantitative estimate of drug-likeness (QED) is 0.691. The Hall–Kier alpha value is -0.0800. The van der Waals surface area contributed by atoms with E-state index in [0.29, 0.717) is 5.92 Å². The van der Waals surface area contributed by atoms with Crippen LogP contribution >= 0.6 is 0 Å². The fourth-order valence-electron chi connectivity index (χ4n) is 3.76.